The van der Waals surface area contributed by atoms with Crippen LogP contribution in [0.4, 0.5) is 0 Å². The van der Waals surface area contributed by atoms with Gasteiger partial charge >= 0.3 is 6.47 Å². The molecule has 0 aromatic heterocycles. The van der Waals surface area contributed by atoms with Crippen LogP contribution in [-0.2, 0) is 24.8 Å². The Morgan fingerprint density at radius 3 is 2.57 bits per heavy atom. The zero-order valence-corrected chi connectivity index (χ0v) is 3.07. The molecule has 7 heavy (non-hydrogen) atoms. The van der Waals surface area contributed by atoms with Crippen LogP contribution in [0.3, 0.4) is 0 Å². The van der Waals surface area contributed by atoms with E-state index in [2.05, 4.69) is 20.0 Å². The zero-order valence-electron chi connectivity index (χ0n) is 3.07. The van der Waals surface area contributed by atoms with Crippen molar-refractivity contribution < 1.29 is 30.1 Å². The molecular formula is CH2O6. The van der Waals surface area contributed by atoms with E-state index in [0.29, 0.717) is 0 Å². The van der Waals surface area contributed by atoms with E-state index in [0.717, 1.165) is 0 Å². The van der Waals surface area contributed by atoms with Gasteiger partial charge in [-0.15, -0.1) is 0 Å². The summed E-state index contributed by atoms with van der Waals surface area (Å²) in [4.78, 5) is 12.5. The summed E-state index contributed by atoms with van der Waals surface area (Å²) in [6, 6.07) is 0. The molecule has 0 saturated heterocycles. The second kappa shape index (κ2) is 5.31. The minimum Gasteiger partial charge on any atom is -0.270 e. The van der Waals surface area contributed by atoms with Crippen LogP contribution in [0.25, 0.3) is 0 Å². The topological polar surface area (TPSA) is 74.2 Å². The van der Waals surface area contributed by atoms with Crippen molar-refractivity contribution in [3.8, 4) is 0 Å². The lowest BCUT2D eigenvalue weighted by Gasteiger charge is -1.86. The fourth-order valence-electron chi connectivity index (χ4n) is 0.0445. The summed E-state index contributed by atoms with van der Waals surface area (Å²) in [5.74, 6) is 0. The first-order valence-electron chi connectivity index (χ1n) is 1.15. The lowest BCUT2D eigenvalue weighted by molar-refractivity contribution is -0.689. The molecule has 6 heteroatoms. The van der Waals surface area contributed by atoms with Gasteiger partial charge in [0.05, 0.1) is 0 Å². The Labute approximate surface area is 37.9 Å². The van der Waals surface area contributed by atoms with E-state index < -0.39 is 0 Å². The molecule has 0 rings (SSSR count). The van der Waals surface area contributed by atoms with Crippen molar-refractivity contribution in [2.24, 2.45) is 0 Å². The van der Waals surface area contributed by atoms with Gasteiger partial charge in [0.15, 0.2) is 0 Å². The number of hydrogen-bond donors (Lipinski definition) is 1. The molecular weight excluding hydrogens is 108 g/mol. The Bertz CT molecular complexity index is 41.4. The quantitative estimate of drug-likeness (QED) is 0.226. The van der Waals surface area contributed by atoms with Crippen molar-refractivity contribution in [2.45, 2.75) is 0 Å². The number of carbonyl (C=O) groups excluding carboxylic acids is 1. The highest BCUT2D eigenvalue weighted by molar-refractivity contribution is 5.35. The van der Waals surface area contributed by atoms with E-state index in [1.54, 1.807) is 0 Å². The molecule has 42 valence electrons. The molecule has 0 fully saturated rings. The maximum Gasteiger partial charge on any atom is 0.334 e. The van der Waals surface area contributed by atoms with Gasteiger partial charge in [-0.1, -0.05) is 0 Å². The third-order valence-corrected chi connectivity index (χ3v) is 0.137. The highest BCUT2D eigenvalue weighted by Crippen LogP contribution is 1.73. The van der Waals surface area contributed by atoms with E-state index >= 15 is 0 Å². The smallest absolute Gasteiger partial charge is 0.270 e. The van der Waals surface area contributed by atoms with Gasteiger partial charge in [-0.05, 0) is 5.04 Å². The van der Waals surface area contributed by atoms with Crippen LogP contribution in [-0.4, -0.2) is 11.7 Å². The lowest BCUT2D eigenvalue weighted by Crippen LogP contribution is -1.92. The van der Waals surface area contributed by atoms with Gasteiger partial charge in [-0.2, -0.15) is 0 Å². The average Bonchev–Trinajstić information content (AvgIpc) is 1.69. The molecule has 0 unspecified atom stereocenters. The maximum absolute atomic E-state index is 9.12. The van der Waals surface area contributed by atoms with Gasteiger partial charge in [-0.3, -0.25) is 9.68 Å². The molecule has 1 N–H and O–H groups in total. The third-order valence-electron chi connectivity index (χ3n) is 0.137. The molecule has 0 aliphatic heterocycles. The minimum absolute atomic E-state index is 0.0565. The molecule has 0 aliphatic carbocycles. The first-order chi connectivity index (χ1) is 3.41. The molecule has 0 spiro atoms. The SMILES string of the molecule is O=COOOOO. The molecule has 6 nitrogen and oxygen atoms in total. The Balaban J connectivity index is 2.56. The predicted molar refractivity (Wildman–Crippen MR) is 13.0 cm³/mol. The highest BCUT2D eigenvalue weighted by atomic mass is 17.8. The fraction of sp³-hybridized carbons (Fsp3) is 0. The molecule has 0 radical (unpaired) electrons. The standard InChI is InChI=1S/CH2O6/c2-1-4-6-7-5-3/h1,3H. The van der Waals surface area contributed by atoms with Gasteiger partial charge in [-0.25, -0.2) is 5.26 Å². The van der Waals surface area contributed by atoms with E-state index in [1.165, 1.54) is 0 Å². The highest BCUT2D eigenvalue weighted by Gasteiger charge is 1.80. The minimum atomic E-state index is -0.0565. The van der Waals surface area contributed by atoms with Crippen molar-refractivity contribution in [2.75, 3.05) is 0 Å². The third kappa shape index (κ3) is 5.31. The van der Waals surface area contributed by atoms with Crippen molar-refractivity contribution >= 4 is 6.47 Å². The molecule has 0 heterocycles. The van der Waals surface area contributed by atoms with Crippen LogP contribution < -0.4 is 0 Å². The number of rotatable bonds is 4. The van der Waals surface area contributed by atoms with Crippen LogP contribution in [0.5, 0.6) is 0 Å². The molecule has 0 bridgehead atoms. The average molecular weight is 110 g/mol. The van der Waals surface area contributed by atoms with Crippen LogP contribution >= 0.6 is 0 Å². The van der Waals surface area contributed by atoms with Gasteiger partial charge in [0.2, 0.25) is 0 Å². The normalized spacial score (nSPS) is 8.14. The summed E-state index contributed by atoms with van der Waals surface area (Å²) >= 11 is 0. The van der Waals surface area contributed by atoms with Crippen LogP contribution in [0.15, 0.2) is 0 Å². The van der Waals surface area contributed by atoms with Crippen molar-refractivity contribution in [1.29, 1.82) is 0 Å². The Hall–Kier alpha value is -0.690. The number of carbonyl (C=O) groups is 1. The molecule has 0 amide bonds. The van der Waals surface area contributed by atoms with E-state index in [4.69, 9.17) is 10.1 Å². The first-order valence-corrected chi connectivity index (χ1v) is 1.15. The van der Waals surface area contributed by atoms with Gasteiger partial charge < -0.3 is 0 Å². The van der Waals surface area contributed by atoms with Gasteiger partial charge in [0.25, 0.3) is 0 Å². The second-order valence-electron chi connectivity index (χ2n) is 0.403. The Kier molecular flexibility index (Phi) is 4.79. The summed E-state index contributed by atoms with van der Waals surface area (Å²) in [7, 11) is 0. The van der Waals surface area contributed by atoms with E-state index in [9.17, 15) is 0 Å². The van der Waals surface area contributed by atoms with E-state index in [-0.39, 0.29) is 6.47 Å². The van der Waals surface area contributed by atoms with Crippen LogP contribution in [0, 0.1) is 0 Å². The summed E-state index contributed by atoms with van der Waals surface area (Å²) in [6.07, 6.45) is 0. The Morgan fingerprint density at radius 2 is 2.14 bits per heavy atom. The van der Waals surface area contributed by atoms with Crippen LogP contribution in [0.2, 0.25) is 0 Å². The van der Waals surface area contributed by atoms with E-state index in [1.807, 2.05) is 0 Å². The second-order valence-corrected chi connectivity index (χ2v) is 0.403. The van der Waals surface area contributed by atoms with Crippen molar-refractivity contribution in [3.63, 3.8) is 0 Å². The molecule has 0 aromatic rings. The largest absolute Gasteiger partial charge is 0.334 e. The lowest BCUT2D eigenvalue weighted by atomic mass is 11.7. The van der Waals surface area contributed by atoms with Gasteiger partial charge in [0.1, 0.15) is 0 Å². The summed E-state index contributed by atoms with van der Waals surface area (Å²) in [5, 5.41) is 16.6. The zero-order chi connectivity index (χ0) is 5.54. The molecule has 0 atom stereocenters. The van der Waals surface area contributed by atoms with Crippen molar-refractivity contribution in [1.82, 2.24) is 0 Å². The van der Waals surface area contributed by atoms with Crippen LogP contribution in [0.1, 0.15) is 0 Å². The monoisotopic (exact) mass is 110 g/mol. The molecule has 0 saturated carbocycles. The van der Waals surface area contributed by atoms with Crippen molar-refractivity contribution in [3.05, 3.63) is 0 Å². The summed E-state index contributed by atoms with van der Waals surface area (Å²) < 4.78 is 0. The first kappa shape index (κ1) is 6.31. The summed E-state index contributed by atoms with van der Waals surface area (Å²) in [6.45, 7) is -0.0565. The summed E-state index contributed by atoms with van der Waals surface area (Å²) in [5.41, 5.74) is 0. The molecule has 0 aliphatic rings. The maximum atomic E-state index is 9.12. The Morgan fingerprint density at radius 1 is 1.43 bits per heavy atom. The van der Waals surface area contributed by atoms with Gasteiger partial charge in [0, 0.05) is 10.1 Å². The predicted octanol–water partition coefficient (Wildman–Crippen LogP) is -0.573. The fourth-order valence-corrected chi connectivity index (χ4v) is 0.0445. The molecule has 0 aromatic carbocycles. The number of hydrogen-bond acceptors (Lipinski definition) is 6.